The van der Waals surface area contributed by atoms with E-state index in [9.17, 15) is 14.3 Å². The number of hydrogen-bond donors (Lipinski definition) is 2. The number of carbonyl (C=O) groups is 1. The zero-order valence-electron chi connectivity index (χ0n) is 12.7. The Morgan fingerprint density at radius 3 is 2.52 bits per heavy atom. The number of alkyl carbamates (subject to hydrolysis) is 1. The zero-order chi connectivity index (χ0) is 16.3. The lowest BCUT2D eigenvalue weighted by Crippen LogP contribution is -2.46. The van der Waals surface area contributed by atoms with Crippen LogP contribution in [0.5, 0.6) is 0 Å². The molecule has 0 aliphatic carbocycles. The highest BCUT2D eigenvalue weighted by molar-refractivity contribution is 9.10. The van der Waals surface area contributed by atoms with Gasteiger partial charge in [-0.3, -0.25) is 0 Å². The van der Waals surface area contributed by atoms with Gasteiger partial charge in [-0.2, -0.15) is 0 Å². The van der Waals surface area contributed by atoms with Gasteiger partial charge in [0.15, 0.2) is 0 Å². The van der Waals surface area contributed by atoms with Gasteiger partial charge in [-0.15, -0.1) is 0 Å². The third kappa shape index (κ3) is 5.28. The van der Waals surface area contributed by atoms with Crippen LogP contribution in [0.25, 0.3) is 0 Å². The number of ether oxygens (including phenoxy) is 1. The van der Waals surface area contributed by atoms with Gasteiger partial charge in [0, 0.05) is 16.6 Å². The van der Waals surface area contributed by atoms with Gasteiger partial charge in [0.1, 0.15) is 11.4 Å². The van der Waals surface area contributed by atoms with E-state index in [1.54, 1.807) is 39.8 Å². The van der Waals surface area contributed by atoms with E-state index < -0.39 is 23.1 Å². The molecule has 6 heteroatoms. The van der Waals surface area contributed by atoms with Crippen molar-refractivity contribution in [2.45, 2.75) is 45.3 Å². The molecule has 1 rings (SSSR count). The molecule has 1 amide bonds. The lowest BCUT2D eigenvalue weighted by Gasteiger charge is -2.32. The second-order valence-corrected chi connectivity index (χ2v) is 6.97. The summed E-state index contributed by atoms with van der Waals surface area (Å²) in [6.45, 7) is 6.69. The summed E-state index contributed by atoms with van der Waals surface area (Å²) < 4.78 is 20.0. The molecule has 1 aromatic carbocycles. The molecule has 0 radical (unpaired) electrons. The predicted molar refractivity (Wildman–Crippen MR) is 82.5 cm³/mol. The normalized spacial score (nSPS) is 14.4. The molecule has 118 valence electrons. The number of carbonyl (C=O) groups excluding carboxylic acids is 1. The van der Waals surface area contributed by atoms with Gasteiger partial charge in [0.25, 0.3) is 0 Å². The Morgan fingerprint density at radius 2 is 2.00 bits per heavy atom. The van der Waals surface area contributed by atoms with Crippen LogP contribution in [0.2, 0.25) is 0 Å². The van der Waals surface area contributed by atoms with Crippen molar-refractivity contribution in [2.24, 2.45) is 0 Å². The number of nitrogens with one attached hydrogen (secondary N) is 1. The zero-order valence-corrected chi connectivity index (χ0v) is 14.3. The van der Waals surface area contributed by atoms with Gasteiger partial charge in [0.2, 0.25) is 0 Å². The summed E-state index contributed by atoms with van der Waals surface area (Å²) in [5.41, 5.74) is -1.43. The molecule has 4 nitrogen and oxygen atoms in total. The summed E-state index contributed by atoms with van der Waals surface area (Å²) in [5.74, 6) is -0.454. The number of halogens is 2. The SMILES string of the molecule is CC(C)(C)OC(=O)N[C@@](C)(CCO)c1cc(Br)ccc1F. The lowest BCUT2D eigenvalue weighted by molar-refractivity contribution is 0.0443. The van der Waals surface area contributed by atoms with Crippen molar-refractivity contribution in [1.29, 1.82) is 0 Å². The third-order valence-electron chi connectivity index (χ3n) is 2.91. The first-order valence-corrected chi connectivity index (χ1v) is 7.44. The first-order chi connectivity index (χ1) is 9.57. The van der Waals surface area contributed by atoms with Crippen LogP contribution in [0.4, 0.5) is 9.18 Å². The Balaban J connectivity index is 3.08. The molecule has 0 bridgehead atoms. The van der Waals surface area contributed by atoms with Crippen LogP contribution in [0, 0.1) is 5.82 Å². The molecular formula is C15H21BrFNO3. The quantitative estimate of drug-likeness (QED) is 0.859. The summed E-state index contributed by atoms with van der Waals surface area (Å²) in [6, 6.07) is 4.47. The molecule has 0 spiro atoms. The van der Waals surface area contributed by atoms with Crippen molar-refractivity contribution >= 4 is 22.0 Å². The van der Waals surface area contributed by atoms with Gasteiger partial charge in [-0.25, -0.2) is 9.18 Å². The number of amides is 1. The minimum absolute atomic E-state index is 0.166. The fourth-order valence-electron chi connectivity index (χ4n) is 1.94. The van der Waals surface area contributed by atoms with Crippen molar-refractivity contribution in [2.75, 3.05) is 6.61 Å². The van der Waals surface area contributed by atoms with E-state index >= 15 is 0 Å². The van der Waals surface area contributed by atoms with Crippen LogP contribution in [-0.2, 0) is 10.3 Å². The van der Waals surface area contributed by atoms with Gasteiger partial charge in [-0.05, 0) is 52.3 Å². The Kier molecular flexibility index (Phi) is 5.75. The van der Waals surface area contributed by atoms with E-state index in [4.69, 9.17) is 4.74 Å². The second kappa shape index (κ2) is 6.75. The molecule has 2 N–H and O–H groups in total. The highest BCUT2D eigenvalue weighted by Crippen LogP contribution is 2.30. The molecule has 0 saturated heterocycles. The van der Waals surface area contributed by atoms with Gasteiger partial charge in [0.05, 0.1) is 5.54 Å². The number of benzene rings is 1. The van der Waals surface area contributed by atoms with E-state index in [-0.39, 0.29) is 18.6 Å². The molecule has 0 heterocycles. The smallest absolute Gasteiger partial charge is 0.408 e. The average Bonchev–Trinajstić information content (AvgIpc) is 2.29. The lowest BCUT2D eigenvalue weighted by atomic mass is 9.88. The maximum Gasteiger partial charge on any atom is 0.408 e. The van der Waals surface area contributed by atoms with Crippen molar-refractivity contribution in [3.8, 4) is 0 Å². The first-order valence-electron chi connectivity index (χ1n) is 6.65. The second-order valence-electron chi connectivity index (χ2n) is 6.06. The Hall–Kier alpha value is -1.14. The minimum atomic E-state index is -1.06. The Morgan fingerprint density at radius 1 is 1.38 bits per heavy atom. The molecular weight excluding hydrogens is 341 g/mol. The van der Waals surface area contributed by atoms with E-state index in [2.05, 4.69) is 21.2 Å². The molecule has 0 saturated carbocycles. The molecule has 0 unspecified atom stereocenters. The minimum Gasteiger partial charge on any atom is -0.444 e. The molecule has 0 aliphatic heterocycles. The van der Waals surface area contributed by atoms with Crippen molar-refractivity contribution in [3.63, 3.8) is 0 Å². The first kappa shape index (κ1) is 17.9. The third-order valence-corrected chi connectivity index (χ3v) is 3.40. The summed E-state index contributed by atoms with van der Waals surface area (Å²) in [7, 11) is 0. The average molecular weight is 362 g/mol. The van der Waals surface area contributed by atoms with Crippen molar-refractivity contribution in [3.05, 3.63) is 34.1 Å². The Bertz CT molecular complexity index is 516. The maximum absolute atomic E-state index is 14.1. The Labute approximate surface area is 132 Å². The van der Waals surface area contributed by atoms with Gasteiger partial charge < -0.3 is 15.2 Å². The largest absolute Gasteiger partial charge is 0.444 e. The van der Waals surface area contributed by atoms with Crippen LogP contribution in [0.1, 0.15) is 39.7 Å². The van der Waals surface area contributed by atoms with Gasteiger partial charge in [-0.1, -0.05) is 15.9 Å². The van der Waals surface area contributed by atoms with Crippen molar-refractivity contribution in [1.82, 2.24) is 5.32 Å². The summed E-state index contributed by atoms with van der Waals surface area (Å²) in [5, 5.41) is 11.9. The fraction of sp³-hybridized carbons (Fsp3) is 0.533. The molecule has 1 atom stereocenters. The molecule has 21 heavy (non-hydrogen) atoms. The highest BCUT2D eigenvalue weighted by atomic mass is 79.9. The molecule has 0 aliphatic rings. The van der Waals surface area contributed by atoms with E-state index in [0.29, 0.717) is 4.47 Å². The summed E-state index contributed by atoms with van der Waals surface area (Å²) >= 11 is 3.28. The maximum atomic E-state index is 14.1. The number of aliphatic hydroxyl groups is 1. The number of aliphatic hydroxyl groups excluding tert-OH is 1. The van der Waals surface area contributed by atoms with Crippen molar-refractivity contribution < 1.29 is 19.0 Å². The standard InChI is InChI=1S/C15H21BrFNO3/c1-14(2,3)21-13(20)18-15(4,7-8-19)11-9-10(16)5-6-12(11)17/h5-6,9,19H,7-8H2,1-4H3,(H,18,20)/t15-/m0/s1. The fourth-order valence-corrected chi connectivity index (χ4v) is 2.30. The van der Waals surface area contributed by atoms with Crippen LogP contribution in [0.3, 0.4) is 0 Å². The van der Waals surface area contributed by atoms with E-state index in [0.717, 1.165) is 0 Å². The summed E-state index contributed by atoms with van der Waals surface area (Å²) in [4.78, 5) is 12.0. The van der Waals surface area contributed by atoms with E-state index in [1.807, 2.05) is 0 Å². The predicted octanol–water partition coefficient (Wildman–Crippen LogP) is 3.71. The van der Waals surface area contributed by atoms with Crippen LogP contribution in [-0.4, -0.2) is 23.4 Å². The van der Waals surface area contributed by atoms with Crippen LogP contribution >= 0.6 is 15.9 Å². The highest BCUT2D eigenvalue weighted by Gasteiger charge is 2.33. The molecule has 0 aromatic heterocycles. The van der Waals surface area contributed by atoms with Crippen LogP contribution < -0.4 is 5.32 Å². The summed E-state index contributed by atoms with van der Waals surface area (Å²) in [6.07, 6.45) is -0.489. The van der Waals surface area contributed by atoms with Crippen LogP contribution in [0.15, 0.2) is 22.7 Å². The van der Waals surface area contributed by atoms with E-state index in [1.165, 1.54) is 6.07 Å². The topological polar surface area (TPSA) is 58.6 Å². The molecule has 0 fully saturated rings. The number of hydrogen-bond acceptors (Lipinski definition) is 3. The molecule has 1 aromatic rings. The number of rotatable bonds is 4. The monoisotopic (exact) mass is 361 g/mol. The van der Waals surface area contributed by atoms with Gasteiger partial charge >= 0.3 is 6.09 Å².